The van der Waals surface area contributed by atoms with E-state index in [4.69, 9.17) is 0 Å². The molecular weight excluding hydrogens is 386 g/mol. The lowest BCUT2D eigenvalue weighted by Gasteiger charge is -2.46. The lowest BCUT2D eigenvalue weighted by molar-refractivity contribution is -0.127. The van der Waals surface area contributed by atoms with E-state index in [1.165, 1.54) is 22.0 Å². The molecule has 0 spiro atoms. The number of likely N-dealkylation sites (tertiary alicyclic amines) is 1. The van der Waals surface area contributed by atoms with Crippen LogP contribution in [-0.4, -0.2) is 51.0 Å². The first-order valence-corrected chi connectivity index (χ1v) is 11.8. The Kier molecular flexibility index (Phi) is 5.57. The van der Waals surface area contributed by atoms with E-state index in [0.717, 1.165) is 51.0 Å². The second kappa shape index (κ2) is 8.50. The van der Waals surface area contributed by atoms with Crippen LogP contribution in [0.3, 0.4) is 0 Å². The highest BCUT2D eigenvalue weighted by molar-refractivity contribution is 5.89. The van der Waals surface area contributed by atoms with Gasteiger partial charge in [0.15, 0.2) is 0 Å². The fraction of sp³-hybridized carbons (Fsp3) is 0.520. The van der Waals surface area contributed by atoms with Gasteiger partial charge < -0.3 is 14.9 Å². The quantitative estimate of drug-likeness (QED) is 0.576. The molecule has 3 atom stereocenters. The Morgan fingerprint density at radius 2 is 2.19 bits per heavy atom. The summed E-state index contributed by atoms with van der Waals surface area (Å²) >= 11 is 0. The van der Waals surface area contributed by atoms with E-state index in [9.17, 15) is 4.79 Å². The highest BCUT2D eigenvalue weighted by atomic mass is 16.1. The minimum absolute atomic E-state index is 0.0541. The van der Waals surface area contributed by atoms with E-state index in [1.54, 1.807) is 6.33 Å². The largest absolute Gasteiger partial charge is 0.356 e. The van der Waals surface area contributed by atoms with Crippen molar-refractivity contribution in [1.29, 1.82) is 0 Å². The van der Waals surface area contributed by atoms with Crippen molar-refractivity contribution in [3.8, 4) is 0 Å². The molecule has 2 N–H and O–H groups in total. The maximum atomic E-state index is 13.1. The first kappa shape index (κ1) is 20.3. The monoisotopic (exact) mass is 419 g/mol. The number of rotatable bonds is 7. The van der Waals surface area contributed by atoms with E-state index in [1.807, 2.05) is 6.20 Å². The zero-order valence-corrected chi connectivity index (χ0v) is 18.6. The number of hydrogen-bond acceptors (Lipinski definition) is 3. The van der Waals surface area contributed by atoms with E-state index in [2.05, 4.69) is 63.0 Å². The fourth-order valence-electron chi connectivity index (χ4n) is 5.85. The van der Waals surface area contributed by atoms with Gasteiger partial charge in [-0.05, 0) is 56.3 Å². The number of nitrogens with one attached hydrogen (secondary N) is 2. The predicted octanol–water partition coefficient (Wildman–Crippen LogP) is 3.48. The van der Waals surface area contributed by atoms with Gasteiger partial charge in [-0.1, -0.05) is 19.1 Å². The van der Waals surface area contributed by atoms with Crippen LogP contribution >= 0.6 is 0 Å². The molecular formula is C25H33N5O. The number of benzene rings is 1. The van der Waals surface area contributed by atoms with Gasteiger partial charge in [-0.25, -0.2) is 4.98 Å². The topological polar surface area (TPSA) is 66.0 Å². The molecule has 1 fully saturated rings. The molecule has 1 aromatic carbocycles. The lowest BCUT2D eigenvalue weighted by atomic mass is 9.72. The number of H-pyrrole nitrogens is 1. The summed E-state index contributed by atoms with van der Waals surface area (Å²) in [4.78, 5) is 22.8. The molecule has 1 aliphatic carbocycles. The number of aryl methyl sites for hydroxylation is 2. The summed E-state index contributed by atoms with van der Waals surface area (Å²) in [6.07, 6.45) is 9.80. The molecule has 0 bridgehead atoms. The predicted molar refractivity (Wildman–Crippen MR) is 123 cm³/mol. The molecule has 3 heterocycles. The van der Waals surface area contributed by atoms with E-state index in [0.29, 0.717) is 18.5 Å². The van der Waals surface area contributed by atoms with Crippen molar-refractivity contribution in [2.75, 3.05) is 19.6 Å². The average molecular weight is 420 g/mol. The summed E-state index contributed by atoms with van der Waals surface area (Å²) in [5.41, 5.74) is 5.40. The zero-order chi connectivity index (χ0) is 21.4. The van der Waals surface area contributed by atoms with Crippen molar-refractivity contribution in [1.82, 2.24) is 24.8 Å². The van der Waals surface area contributed by atoms with Crippen molar-refractivity contribution in [3.63, 3.8) is 0 Å². The zero-order valence-electron chi connectivity index (χ0n) is 18.6. The maximum absolute atomic E-state index is 13.1. The van der Waals surface area contributed by atoms with Crippen LogP contribution in [0.4, 0.5) is 0 Å². The smallest absolute Gasteiger partial charge is 0.224 e. The molecule has 0 radical (unpaired) electrons. The van der Waals surface area contributed by atoms with Crippen LogP contribution in [0, 0.1) is 5.92 Å². The van der Waals surface area contributed by atoms with Gasteiger partial charge in [0.25, 0.3) is 0 Å². The third kappa shape index (κ3) is 3.67. The molecule has 1 saturated heterocycles. The molecule has 5 rings (SSSR count). The third-order valence-electron chi connectivity index (χ3n) is 7.37. The number of aromatic nitrogens is 3. The number of piperidine rings is 1. The molecule has 1 amide bonds. The van der Waals surface area contributed by atoms with Crippen molar-refractivity contribution >= 4 is 16.8 Å². The van der Waals surface area contributed by atoms with Crippen molar-refractivity contribution < 1.29 is 4.79 Å². The first-order chi connectivity index (χ1) is 15.2. The molecule has 6 nitrogen and oxygen atoms in total. The SMILES string of the molecule is CCN1C[C@H](C(=O)NCCCc2cnc[nH]2)C[C@@H]2c3cccc4c3c(cn4CC)C[C@H]21. The van der Waals surface area contributed by atoms with Crippen molar-refractivity contribution in [3.05, 3.63) is 53.7 Å². The number of imidazole rings is 1. The molecule has 1 aliphatic heterocycles. The highest BCUT2D eigenvalue weighted by Gasteiger charge is 2.42. The Bertz CT molecular complexity index is 1050. The van der Waals surface area contributed by atoms with Gasteiger partial charge in [0, 0.05) is 60.6 Å². The molecule has 3 aromatic rings. The normalized spacial score (nSPS) is 23.1. The fourth-order valence-corrected chi connectivity index (χ4v) is 5.85. The minimum Gasteiger partial charge on any atom is -0.356 e. The second-order valence-corrected chi connectivity index (χ2v) is 9.05. The van der Waals surface area contributed by atoms with Gasteiger partial charge in [-0.2, -0.15) is 0 Å². The minimum atomic E-state index is 0.0541. The molecule has 0 saturated carbocycles. The standard InChI is InChI=1S/C25H33N5O/c1-3-29-14-17-12-23-21(20-8-5-9-22(29)24(17)20)11-18(15-30(23)4-2)25(31)27-10-6-7-19-13-26-16-28-19/h5,8-9,13-14,16,18,21,23H,3-4,6-7,10-12,15H2,1-2H3,(H,26,28)(H,27,31)/t18-,21-,23-/m1/s1. The van der Waals surface area contributed by atoms with Crippen LogP contribution in [0.1, 0.15) is 49.4 Å². The van der Waals surface area contributed by atoms with Crippen molar-refractivity contribution in [2.45, 2.75) is 58.0 Å². The average Bonchev–Trinajstić information content (AvgIpc) is 3.45. The Morgan fingerprint density at radius 1 is 1.29 bits per heavy atom. The Labute approximate surface area is 184 Å². The van der Waals surface area contributed by atoms with Gasteiger partial charge in [0.2, 0.25) is 5.91 Å². The van der Waals surface area contributed by atoms with E-state index in [-0.39, 0.29) is 11.8 Å². The number of fused-ring (bicyclic) bond motifs is 2. The van der Waals surface area contributed by atoms with E-state index >= 15 is 0 Å². The Balaban J connectivity index is 1.32. The number of hydrogen-bond donors (Lipinski definition) is 2. The molecule has 31 heavy (non-hydrogen) atoms. The number of nitrogens with zero attached hydrogens (tertiary/aromatic N) is 3. The highest BCUT2D eigenvalue weighted by Crippen LogP contribution is 2.45. The van der Waals surface area contributed by atoms with Crippen LogP contribution in [-0.2, 0) is 24.2 Å². The van der Waals surface area contributed by atoms with Crippen LogP contribution in [0.5, 0.6) is 0 Å². The third-order valence-corrected chi connectivity index (χ3v) is 7.37. The first-order valence-electron chi connectivity index (χ1n) is 11.8. The van der Waals surface area contributed by atoms with Crippen LogP contribution < -0.4 is 5.32 Å². The summed E-state index contributed by atoms with van der Waals surface area (Å²) in [7, 11) is 0. The summed E-state index contributed by atoms with van der Waals surface area (Å²) in [6, 6.07) is 7.25. The Morgan fingerprint density at radius 3 is 2.97 bits per heavy atom. The molecule has 2 aliphatic rings. The summed E-state index contributed by atoms with van der Waals surface area (Å²) in [5, 5.41) is 4.65. The molecule has 2 aromatic heterocycles. The van der Waals surface area contributed by atoms with Crippen LogP contribution in [0.15, 0.2) is 36.9 Å². The number of likely N-dealkylation sites (N-methyl/N-ethyl adjacent to an activating group) is 1. The van der Waals surface area contributed by atoms with Gasteiger partial charge in [0.05, 0.1) is 12.2 Å². The maximum Gasteiger partial charge on any atom is 0.224 e. The molecule has 6 heteroatoms. The summed E-state index contributed by atoms with van der Waals surface area (Å²) < 4.78 is 2.38. The van der Waals surface area contributed by atoms with E-state index < -0.39 is 0 Å². The Hall–Kier alpha value is -2.60. The lowest BCUT2D eigenvalue weighted by Crippen LogP contribution is -2.53. The van der Waals surface area contributed by atoms with Crippen LogP contribution in [0.25, 0.3) is 10.9 Å². The van der Waals surface area contributed by atoms with Gasteiger partial charge >= 0.3 is 0 Å². The summed E-state index contributed by atoms with van der Waals surface area (Å²) in [5.74, 6) is 0.697. The number of aromatic amines is 1. The number of carbonyl (C=O) groups excluding carboxylic acids is 1. The number of amides is 1. The van der Waals surface area contributed by atoms with Gasteiger partial charge in [-0.3, -0.25) is 9.69 Å². The molecule has 0 unspecified atom stereocenters. The van der Waals surface area contributed by atoms with Gasteiger partial charge in [0.1, 0.15) is 0 Å². The van der Waals surface area contributed by atoms with Crippen LogP contribution in [0.2, 0.25) is 0 Å². The van der Waals surface area contributed by atoms with Gasteiger partial charge in [-0.15, -0.1) is 0 Å². The summed E-state index contributed by atoms with van der Waals surface area (Å²) in [6.45, 7) is 8.01. The second-order valence-electron chi connectivity index (χ2n) is 9.05. The molecule has 164 valence electrons. The van der Waals surface area contributed by atoms with Crippen molar-refractivity contribution in [2.24, 2.45) is 5.92 Å². The number of carbonyl (C=O) groups is 1.